The summed E-state index contributed by atoms with van der Waals surface area (Å²) in [6.07, 6.45) is 4.03. The summed E-state index contributed by atoms with van der Waals surface area (Å²) in [5.74, 6) is -22.1. The highest BCUT2D eigenvalue weighted by Gasteiger charge is 2.77. The monoisotopic (exact) mass is 742 g/mol. The lowest BCUT2D eigenvalue weighted by molar-refractivity contribution is -0.125. The number of rotatable bonds is 6. The number of hydrogen-bond donors (Lipinski definition) is 1. The molecule has 3 aromatic carbocycles. The van der Waals surface area contributed by atoms with Gasteiger partial charge in [0.15, 0.2) is 33.0 Å². The Labute approximate surface area is 297 Å². The summed E-state index contributed by atoms with van der Waals surface area (Å²) in [4.78, 5) is 52.2. The molecule has 3 aromatic rings. The van der Waals surface area contributed by atoms with E-state index in [0.717, 1.165) is 10.5 Å². The van der Waals surface area contributed by atoms with Crippen LogP contribution in [0.15, 0.2) is 73.3 Å². The van der Waals surface area contributed by atoms with Crippen LogP contribution < -0.4 is 9.80 Å². The minimum Gasteiger partial charge on any atom is -0.507 e. The van der Waals surface area contributed by atoms with Gasteiger partial charge >= 0.3 is 0 Å². The standard InChI is InChI=1S/C37H25Cl2F5N2O5/c1-3-6-17-7-5-8-21(31(17)47)24-19-13-14-20-23(33(49)45(32(20)48)18-11-9-16(4-2)10-12-18)22(19)15-36(38)34(50)46(35(51)37(24,36)39)30-28(43)26(41)25(40)27(42)29(30)44/h3-5,7-13,20,22-24,47H,1-2,6,14-15H2. The van der Waals surface area contributed by atoms with Gasteiger partial charge in [0, 0.05) is 11.5 Å². The molecular weight excluding hydrogens is 718 g/mol. The second kappa shape index (κ2) is 11.9. The molecule has 2 aliphatic carbocycles. The van der Waals surface area contributed by atoms with E-state index in [4.69, 9.17) is 23.2 Å². The Morgan fingerprint density at radius 3 is 2.06 bits per heavy atom. The number of alkyl halides is 2. The maximum Gasteiger partial charge on any atom is 0.258 e. The van der Waals surface area contributed by atoms with Crippen LogP contribution in [-0.4, -0.2) is 38.5 Å². The van der Waals surface area contributed by atoms with Crippen LogP contribution in [0.4, 0.5) is 33.3 Å². The van der Waals surface area contributed by atoms with Crippen LogP contribution in [0.1, 0.15) is 35.4 Å². The van der Waals surface area contributed by atoms with Crippen molar-refractivity contribution in [2.24, 2.45) is 17.8 Å². The zero-order valence-corrected chi connectivity index (χ0v) is 27.8. The molecule has 2 heterocycles. The number of aromatic hydroxyl groups is 1. The fourth-order valence-electron chi connectivity index (χ4n) is 8.09. The van der Waals surface area contributed by atoms with E-state index in [9.17, 15) is 37.5 Å². The molecular formula is C37H25Cl2F5N2O5. The highest BCUT2D eigenvalue weighted by atomic mass is 35.5. The summed E-state index contributed by atoms with van der Waals surface area (Å²) in [6.45, 7) is 7.36. The molecule has 0 bridgehead atoms. The van der Waals surface area contributed by atoms with Gasteiger partial charge in [-0.25, -0.2) is 26.9 Å². The van der Waals surface area contributed by atoms with E-state index in [-0.39, 0.29) is 34.6 Å². The quantitative estimate of drug-likeness (QED) is 0.0719. The largest absolute Gasteiger partial charge is 0.507 e. The number of allylic oxidation sites excluding steroid dienone is 3. The van der Waals surface area contributed by atoms with Crippen molar-refractivity contribution in [2.45, 2.75) is 34.9 Å². The number of carbonyl (C=O) groups excluding carboxylic acids is 4. The van der Waals surface area contributed by atoms with Crippen LogP contribution in [0.5, 0.6) is 5.75 Å². The van der Waals surface area contributed by atoms with Crippen molar-refractivity contribution in [3.05, 3.63) is 119 Å². The second-order valence-corrected chi connectivity index (χ2v) is 14.1. The number of para-hydroxylation sites is 1. The fourth-order valence-corrected chi connectivity index (χ4v) is 9.02. The third-order valence-corrected chi connectivity index (χ3v) is 11.8. The maximum absolute atomic E-state index is 15.3. The van der Waals surface area contributed by atoms with E-state index in [2.05, 4.69) is 13.2 Å². The van der Waals surface area contributed by atoms with Gasteiger partial charge < -0.3 is 5.11 Å². The molecule has 4 amide bonds. The molecule has 6 atom stereocenters. The Bertz CT molecular complexity index is 2130. The molecule has 4 aliphatic rings. The molecule has 2 aliphatic heterocycles. The number of amides is 4. The molecule has 0 spiro atoms. The smallest absolute Gasteiger partial charge is 0.258 e. The lowest BCUT2D eigenvalue weighted by atomic mass is 9.56. The molecule has 3 fully saturated rings. The molecule has 262 valence electrons. The molecule has 7 nitrogen and oxygen atoms in total. The normalized spacial score (nSPS) is 28.4. The summed E-state index contributed by atoms with van der Waals surface area (Å²) in [5.41, 5.74) is -0.454. The molecule has 0 radical (unpaired) electrons. The fraction of sp³-hybridized carbons (Fsp3) is 0.243. The van der Waals surface area contributed by atoms with Gasteiger partial charge in [0.25, 0.3) is 11.8 Å². The van der Waals surface area contributed by atoms with Gasteiger partial charge in [-0.3, -0.25) is 24.1 Å². The van der Waals surface area contributed by atoms with Crippen molar-refractivity contribution < 1.29 is 46.2 Å². The molecule has 7 rings (SSSR count). The first-order valence-electron chi connectivity index (χ1n) is 15.7. The summed E-state index contributed by atoms with van der Waals surface area (Å²) in [6, 6.07) is 10.8. The molecule has 1 saturated carbocycles. The Balaban J connectivity index is 1.44. The van der Waals surface area contributed by atoms with Gasteiger partial charge in [-0.05, 0) is 48.4 Å². The van der Waals surface area contributed by atoms with Crippen LogP contribution in [0.25, 0.3) is 6.08 Å². The molecule has 51 heavy (non-hydrogen) atoms. The van der Waals surface area contributed by atoms with Gasteiger partial charge in [-0.1, -0.05) is 60.7 Å². The summed E-state index contributed by atoms with van der Waals surface area (Å²) >= 11 is 14.3. The van der Waals surface area contributed by atoms with E-state index in [1.807, 2.05) is 0 Å². The number of phenols is 1. The minimum atomic E-state index is -2.75. The number of anilines is 2. The Kier molecular flexibility index (Phi) is 8.07. The highest BCUT2D eigenvalue weighted by molar-refractivity contribution is 6.58. The lowest BCUT2D eigenvalue weighted by Gasteiger charge is -2.50. The number of imide groups is 2. The van der Waals surface area contributed by atoms with Crippen LogP contribution in [-0.2, 0) is 25.6 Å². The van der Waals surface area contributed by atoms with E-state index >= 15 is 8.78 Å². The van der Waals surface area contributed by atoms with Crippen LogP contribution in [0, 0.1) is 46.8 Å². The van der Waals surface area contributed by atoms with Crippen LogP contribution in [0.2, 0.25) is 0 Å². The predicted octanol–water partition coefficient (Wildman–Crippen LogP) is 7.23. The summed E-state index contributed by atoms with van der Waals surface area (Å²) in [5, 5.41) is 11.5. The van der Waals surface area contributed by atoms with Gasteiger partial charge in [0.2, 0.25) is 17.6 Å². The maximum atomic E-state index is 15.3. The summed E-state index contributed by atoms with van der Waals surface area (Å²) < 4.78 is 73.5. The number of phenolic OH excluding ortho intramolecular Hbond substituents is 1. The minimum absolute atomic E-state index is 0.0440. The van der Waals surface area contributed by atoms with Crippen molar-refractivity contribution in [1.29, 1.82) is 0 Å². The number of halogens is 7. The van der Waals surface area contributed by atoms with Crippen molar-refractivity contribution in [3.8, 4) is 5.75 Å². The van der Waals surface area contributed by atoms with E-state index in [1.165, 1.54) is 18.2 Å². The lowest BCUT2D eigenvalue weighted by Crippen LogP contribution is -2.60. The highest BCUT2D eigenvalue weighted by Crippen LogP contribution is 2.67. The van der Waals surface area contributed by atoms with Crippen molar-refractivity contribution in [1.82, 2.24) is 0 Å². The van der Waals surface area contributed by atoms with E-state index in [1.54, 1.807) is 42.5 Å². The average Bonchev–Trinajstić information content (AvgIpc) is 3.46. The summed E-state index contributed by atoms with van der Waals surface area (Å²) in [7, 11) is 0. The molecule has 0 aromatic heterocycles. The molecule has 1 N–H and O–H groups in total. The number of fused-ring (bicyclic) bond motifs is 4. The number of carbonyl (C=O) groups is 4. The third-order valence-electron chi connectivity index (χ3n) is 10.4. The topological polar surface area (TPSA) is 95.0 Å². The van der Waals surface area contributed by atoms with Crippen LogP contribution in [0.3, 0.4) is 0 Å². The molecule has 14 heteroatoms. The average molecular weight is 744 g/mol. The van der Waals surface area contributed by atoms with Gasteiger partial charge in [-0.15, -0.1) is 29.8 Å². The second-order valence-electron chi connectivity index (χ2n) is 12.8. The van der Waals surface area contributed by atoms with Gasteiger partial charge in [0.05, 0.1) is 17.5 Å². The van der Waals surface area contributed by atoms with E-state index in [0.29, 0.717) is 5.56 Å². The Morgan fingerprint density at radius 2 is 1.45 bits per heavy atom. The molecule has 2 saturated heterocycles. The predicted molar refractivity (Wildman–Crippen MR) is 177 cm³/mol. The van der Waals surface area contributed by atoms with Crippen molar-refractivity contribution in [2.75, 3.05) is 9.80 Å². The number of hydrogen-bond acceptors (Lipinski definition) is 5. The van der Waals surface area contributed by atoms with Gasteiger partial charge in [0.1, 0.15) is 11.4 Å². The van der Waals surface area contributed by atoms with Gasteiger partial charge in [-0.2, -0.15) is 0 Å². The first-order chi connectivity index (χ1) is 24.1. The van der Waals surface area contributed by atoms with Crippen molar-refractivity contribution in [3.63, 3.8) is 0 Å². The third kappa shape index (κ3) is 4.48. The van der Waals surface area contributed by atoms with E-state index < -0.39 is 104 Å². The zero-order valence-electron chi connectivity index (χ0n) is 26.2. The first kappa shape index (κ1) is 34.6. The SMILES string of the molecule is C=CCc1cccc(C2C3=CCC4C(=O)N(c5ccc(C=C)cc5)C(=O)C4C3CC3(Cl)C(=O)N(c4c(F)c(F)c(F)c(F)c4F)C(=O)C23Cl)c1O. The zero-order chi connectivity index (χ0) is 36.9. The molecule has 6 unspecified atom stereocenters. The number of benzene rings is 3. The first-order valence-corrected chi connectivity index (χ1v) is 16.4. The number of nitrogens with zero attached hydrogens (tertiary/aromatic N) is 2. The van der Waals surface area contributed by atoms with Crippen LogP contribution >= 0.6 is 23.2 Å². The van der Waals surface area contributed by atoms with Crippen molar-refractivity contribution >= 4 is 64.3 Å². The Morgan fingerprint density at radius 1 is 0.824 bits per heavy atom. The Hall–Kier alpha value is -4.81.